The Hall–Kier alpha value is -3.67. The number of rotatable bonds is 6. The van der Waals surface area contributed by atoms with Gasteiger partial charge in [-0.15, -0.1) is 0 Å². The van der Waals surface area contributed by atoms with E-state index in [1.165, 1.54) is 25.6 Å². The molecule has 0 spiro atoms. The quantitative estimate of drug-likeness (QED) is 0.498. The summed E-state index contributed by atoms with van der Waals surface area (Å²) in [6, 6.07) is 5.27. The molecule has 1 aliphatic heterocycles. The molecule has 0 aliphatic carbocycles. The van der Waals surface area contributed by atoms with Crippen molar-refractivity contribution in [3.8, 4) is 5.88 Å². The summed E-state index contributed by atoms with van der Waals surface area (Å²) in [6.45, 7) is 4.90. The number of nitrogens with zero attached hydrogens (tertiary/aromatic N) is 5. The lowest BCUT2D eigenvalue weighted by atomic mass is 10.0. The van der Waals surface area contributed by atoms with Crippen LogP contribution in [0.3, 0.4) is 0 Å². The molecule has 3 aromatic rings. The molecule has 0 radical (unpaired) electrons. The second-order valence-corrected chi connectivity index (χ2v) is 7.92. The Kier molecular flexibility index (Phi) is 8.63. The van der Waals surface area contributed by atoms with E-state index in [2.05, 4.69) is 37.1 Å². The molecule has 3 heterocycles. The number of hydrogen-bond donors (Lipinski definition) is 2. The number of aromatic nitrogens is 3. The number of alkyl halides is 2. The third kappa shape index (κ3) is 5.88. The Labute approximate surface area is 200 Å². The van der Waals surface area contributed by atoms with Gasteiger partial charge in [-0.1, -0.05) is 18.2 Å². The molecule has 1 aliphatic rings. The van der Waals surface area contributed by atoms with Gasteiger partial charge >= 0.3 is 0 Å². The number of halogens is 3. The number of fused-ring (bicyclic) bond motifs is 1. The van der Waals surface area contributed by atoms with Gasteiger partial charge in [-0.05, 0) is 20.0 Å². The lowest BCUT2D eigenvalue weighted by Crippen LogP contribution is -2.44. The van der Waals surface area contributed by atoms with Gasteiger partial charge in [0.1, 0.15) is 29.3 Å². The average molecular weight is 493 g/mol. The molecule has 1 atom stereocenters. The molecule has 1 saturated heterocycles. The van der Waals surface area contributed by atoms with E-state index in [0.717, 1.165) is 38.1 Å². The summed E-state index contributed by atoms with van der Waals surface area (Å²) in [5.74, 6) is 0.623. The fourth-order valence-corrected chi connectivity index (χ4v) is 3.83. The molecule has 2 N–H and O–H groups in total. The lowest BCUT2D eigenvalue weighted by Gasteiger charge is -2.33. The minimum Gasteiger partial charge on any atom is -0.483 e. The molecule has 188 valence electrons. The average Bonchev–Trinajstić information content (AvgIpc) is 2.84. The smallest absolute Gasteiger partial charge is 0.290 e. The molecule has 2 aromatic heterocycles. The Morgan fingerprint density at radius 3 is 2.46 bits per heavy atom. The zero-order valence-corrected chi connectivity index (χ0v) is 19.6. The normalized spacial score (nSPS) is 14.9. The summed E-state index contributed by atoms with van der Waals surface area (Å²) in [7, 11) is 3.60. The van der Waals surface area contributed by atoms with Crippen LogP contribution in [-0.4, -0.2) is 71.8 Å². The number of piperazine rings is 1. The number of hydrogen-bond acceptors (Lipinski definition) is 8. The van der Waals surface area contributed by atoms with E-state index in [1.807, 2.05) is 6.07 Å². The van der Waals surface area contributed by atoms with Gasteiger partial charge in [0.05, 0.1) is 24.1 Å². The minimum absolute atomic E-state index is 0.134. The van der Waals surface area contributed by atoms with Crippen LogP contribution in [0.1, 0.15) is 30.5 Å². The maximum atomic E-state index is 14.7. The molecule has 0 bridgehead atoms. The summed E-state index contributed by atoms with van der Waals surface area (Å²) < 4.78 is 46.4. The van der Waals surface area contributed by atoms with E-state index >= 15 is 0 Å². The Morgan fingerprint density at radius 2 is 1.83 bits per heavy atom. The number of nitrogens with one attached hydrogen (secondary N) is 1. The number of benzene rings is 1. The molecular formula is C23H27F3N6O3. The van der Waals surface area contributed by atoms with Crippen LogP contribution in [-0.2, 0) is 4.79 Å². The second-order valence-electron chi connectivity index (χ2n) is 7.92. The monoisotopic (exact) mass is 492 g/mol. The first-order valence-corrected chi connectivity index (χ1v) is 10.8. The molecular weight excluding hydrogens is 465 g/mol. The number of anilines is 2. The SMILES string of the molecule is COc1nc(N2CCN(C)CC2)cc2c(N[C@H](C)c3cccc(C(F)F)c3F)ncnc12.O=CO. The predicted octanol–water partition coefficient (Wildman–Crippen LogP) is 3.74. The molecule has 1 fully saturated rings. The molecule has 9 nitrogen and oxygen atoms in total. The van der Waals surface area contributed by atoms with Gasteiger partial charge in [-0.2, -0.15) is 4.98 Å². The fraction of sp³-hybridized carbons (Fsp3) is 0.391. The minimum atomic E-state index is -2.89. The van der Waals surface area contributed by atoms with Crippen LogP contribution >= 0.6 is 0 Å². The zero-order chi connectivity index (χ0) is 25.5. The van der Waals surface area contributed by atoms with Crippen molar-refractivity contribution < 1.29 is 27.8 Å². The highest BCUT2D eigenvalue weighted by Gasteiger charge is 2.22. The van der Waals surface area contributed by atoms with E-state index in [-0.39, 0.29) is 12.0 Å². The predicted molar refractivity (Wildman–Crippen MR) is 126 cm³/mol. The van der Waals surface area contributed by atoms with Crippen LogP contribution < -0.4 is 15.0 Å². The number of methoxy groups -OCH3 is 1. The largest absolute Gasteiger partial charge is 0.483 e. The van der Waals surface area contributed by atoms with E-state index in [4.69, 9.17) is 14.6 Å². The van der Waals surface area contributed by atoms with Crippen LogP contribution in [0.2, 0.25) is 0 Å². The summed E-state index contributed by atoms with van der Waals surface area (Å²) in [6.07, 6.45) is -1.52. The van der Waals surface area contributed by atoms with Crippen molar-refractivity contribution in [2.24, 2.45) is 0 Å². The lowest BCUT2D eigenvalue weighted by molar-refractivity contribution is -0.122. The van der Waals surface area contributed by atoms with Gasteiger partial charge in [-0.25, -0.2) is 23.1 Å². The van der Waals surface area contributed by atoms with Crippen molar-refractivity contribution in [2.75, 3.05) is 50.6 Å². The van der Waals surface area contributed by atoms with Crippen LogP contribution in [0, 0.1) is 5.82 Å². The molecule has 0 saturated carbocycles. The van der Waals surface area contributed by atoms with Gasteiger partial charge in [-0.3, -0.25) is 4.79 Å². The van der Waals surface area contributed by atoms with Crippen molar-refractivity contribution in [1.29, 1.82) is 0 Å². The Balaban J connectivity index is 0.00000108. The molecule has 4 rings (SSSR count). The van der Waals surface area contributed by atoms with Crippen LogP contribution in [0.4, 0.5) is 24.8 Å². The number of pyridine rings is 1. The molecule has 0 unspecified atom stereocenters. The van der Waals surface area contributed by atoms with E-state index in [1.54, 1.807) is 6.92 Å². The topological polar surface area (TPSA) is 104 Å². The van der Waals surface area contributed by atoms with E-state index in [9.17, 15) is 13.2 Å². The Morgan fingerprint density at radius 1 is 1.17 bits per heavy atom. The third-order valence-corrected chi connectivity index (χ3v) is 5.71. The first kappa shape index (κ1) is 25.9. The van der Waals surface area contributed by atoms with Gasteiger partial charge in [0.25, 0.3) is 12.9 Å². The summed E-state index contributed by atoms with van der Waals surface area (Å²) in [4.78, 5) is 26.0. The number of likely N-dealkylation sites (N-methyl/N-ethyl adjacent to an activating group) is 1. The van der Waals surface area contributed by atoms with E-state index < -0.39 is 23.8 Å². The highest BCUT2D eigenvalue weighted by atomic mass is 19.3. The molecule has 12 heteroatoms. The number of carbonyl (C=O) groups is 1. The van der Waals surface area contributed by atoms with Crippen molar-refractivity contribution in [3.63, 3.8) is 0 Å². The van der Waals surface area contributed by atoms with Crippen LogP contribution in [0.5, 0.6) is 5.88 Å². The zero-order valence-electron chi connectivity index (χ0n) is 19.6. The molecule has 1 aromatic carbocycles. The van der Waals surface area contributed by atoms with Gasteiger partial charge in [0, 0.05) is 31.7 Å². The molecule has 0 amide bonds. The van der Waals surface area contributed by atoms with Crippen molar-refractivity contribution in [3.05, 3.63) is 47.5 Å². The molecule has 35 heavy (non-hydrogen) atoms. The maximum absolute atomic E-state index is 14.7. The first-order valence-electron chi connectivity index (χ1n) is 10.8. The van der Waals surface area contributed by atoms with E-state index in [0.29, 0.717) is 22.6 Å². The van der Waals surface area contributed by atoms with Crippen molar-refractivity contribution in [2.45, 2.75) is 19.4 Å². The number of carboxylic acid groups (broad SMARTS) is 1. The van der Waals surface area contributed by atoms with Crippen molar-refractivity contribution >= 4 is 29.0 Å². The second kappa shape index (κ2) is 11.6. The van der Waals surface area contributed by atoms with Crippen molar-refractivity contribution in [1.82, 2.24) is 19.9 Å². The van der Waals surface area contributed by atoms with Gasteiger partial charge < -0.3 is 25.0 Å². The van der Waals surface area contributed by atoms with Crippen LogP contribution in [0.25, 0.3) is 10.9 Å². The maximum Gasteiger partial charge on any atom is 0.290 e. The Bertz CT molecular complexity index is 1160. The highest BCUT2D eigenvalue weighted by Crippen LogP contribution is 2.33. The standard InChI is InChI=1S/C22H25F3N6O.CH2O2/c1-13(14-5-4-6-15(18(14)23)20(24)25)28-21-16-11-17(31-9-7-30(2)8-10-31)29-22(32-3)19(16)26-12-27-21;2-1-3/h4-6,11-13,20H,7-10H2,1-3H3,(H,26,27,28);1H,(H,2,3)/t13-;/m1./s1. The van der Waals surface area contributed by atoms with Gasteiger partial charge in [0.2, 0.25) is 5.88 Å². The first-order chi connectivity index (χ1) is 16.8. The summed E-state index contributed by atoms with van der Waals surface area (Å²) in [5.41, 5.74) is 0.0265. The highest BCUT2D eigenvalue weighted by molar-refractivity contribution is 5.94. The fourth-order valence-electron chi connectivity index (χ4n) is 3.83. The number of ether oxygens (including phenoxy) is 1. The summed E-state index contributed by atoms with van der Waals surface area (Å²) >= 11 is 0. The van der Waals surface area contributed by atoms with Crippen LogP contribution in [0.15, 0.2) is 30.6 Å². The summed E-state index contributed by atoms with van der Waals surface area (Å²) in [5, 5.41) is 10.7. The third-order valence-electron chi connectivity index (χ3n) is 5.71. The van der Waals surface area contributed by atoms with Gasteiger partial charge in [0.15, 0.2) is 0 Å².